The van der Waals surface area contributed by atoms with E-state index in [4.69, 9.17) is 21.0 Å². The number of rotatable bonds is 2. The van der Waals surface area contributed by atoms with Crippen LogP contribution >= 0.6 is 11.6 Å². The van der Waals surface area contributed by atoms with Gasteiger partial charge in [0.05, 0.1) is 11.8 Å². The van der Waals surface area contributed by atoms with Gasteiger partial charge in [-0.2, -0.15) is 0 Å². The van der Waals surface area contributed by atoms with Crippen LogP contribution in [0.4, 0.5) is 11.6 Å². The third-order valence-electron chi connectivity index (χ3n) is 4.61. The molecule has 5 rings (SSSR count). The smallest absolute Gasteiger partial charge is 0.244 e. The number of benzene rings is 3. The molecule has 0 bridgehead atoms. The highest BCUT2D eigenvalue weighted by Gasteiger charge is 2.29. The molecule has 0 fully saturated rings. The first kappa shape index (κ1) is 15.2. The van der Waals surface area contributed by atoms with E-state index in [1.165, 1.54) is 0 Å². The van der Waals surface area contributed by atoms with Crippen LogP contribution in [-0.4, -0.2) is 5.71 Å². The Kier molecular flexibility index (Phi) is 3.54. The molecule has 1 aliphatic heterocycles. The monoisotopic (exact) mass is 358 g/mol. The summed E-state index contributed by atoms with van der Waals surface area (Å²) in [5, 5.41) is 5.37. The summed E-state index contributed by atoms with van der Waals surface area (Å²) in [5.74, 6) is 0.614. The zero-order valence-corrected chi connectivity index (χ0v) is 14.6. The highest BCUT2D eigenvalue weighted by Crippen LogP contribution is 2.43. The van der Waals surface area contributed by atoms with E-state index < -0.39 is 0 Å². The molecule has 0 radical (unpaired) electrons. The number of fused-ring (bicyclic) bond motifs is 3. The highest BCUT2D eigenvalue weighted by molar-refractivity contribution is 6.30. The van der Waals surface area contributed by atoms with E-state index in [1.807, 2.05) is 60.7 Å². The average Bonchev–Trinajstić information content (AvgIpc) is 3.05. The van der Waals surface area contributed by atoms with Crippen LogP contribution in [0.25, 0.3) is 11.0 Å². The molecule has 1 aliphatic rings. The Labute approximate surface area is 155 Å². The van der Waals surface area contributed by atoms with Gasteiger partial charge in [0, 0.05) is 10.4 Å². The Morgan fingerprint density at radius 1 is 0.885 bits per heavy atom. The molecule has 126 valence electrons. The summed E-state index contributed by atoms with van der Waals surface area (Å²) >= 11 is 6.25. The molecule has 0 spiro atoms. The first-order chi connectivity index (χ1) is 12.8. The quantitative estimate of drug-likeness (QED) is 0.451. The zero-order chi connectivity index (χ0) is 17.5. The van der Waals surface area contributed by atoms with Crippen molar-refractivity contribution >= 4 is 39.9 Å². The second-order valence-electron chi connectivity index (χ2n) is 6.27. The van der Waals surface area contributed by atoms with Gasteiger partial charge in [-0.1, -0.05) is 66.2 Å². The van der Waals surface area contributed by atoms with Gasteiger partial charge in [-0.25, -0.2) is 4.99 Å². The van der Waals surface area contributed by atoms with Crippen molar-refractivity contribution in [3.63, 3.8) is 0 Å². The molecule has 4 heteroatoms. The van der Waals surface area contributed by atoms with Crippen LogP contribution in [0.3, 0.4) is 0 Å². The molecular formula is C22H15ClN2O. The van der Waals surface area contributed by atoms with Crippen molar-refractivity contribution < 1.29 is 4.42 Å². The largest absolute Gasteiger partial charge is 0.436 e. The van der Waals surface area contributed by atoms with Crippen molar-refractivity contribution in [3.8, 4) is 0 Å². The molecule has 1 aromatic heterocycles. The number of hydrogen-bond acceptors (Lipinski definition) is 3. The van der Waals surface area contributed by atoms with Crippen LogP contribution < -0.4 is 5.32 Å². The number of aliphatic imine (C=N–C) groups is 1. The Bertz CT molecular complexity index is 1130. The van der Waals surface area contributed by atoms with Crippen LogP contribution in [0.5, 0.6) is 0 Å². The number of nitrogens with one attached hydrogen (secondary N) is 1. The van der Waals surface area contributed by atoms with E-state index in [9.17, 15) is 0 Å². The van der Waals surface area contributed by atoms with Gasteiger partial charge in [0.2, 0.25) is 5.88 Å². The van der Waals surface area contributed by atoms with Crippen LogP contribution in [0, 0.1) is 0 Å². The van der Waals surface area contributed by atoms with Gasteiger partial charge in [0.25, 0.3) is 0 Å². The van der Waals surface area contributed by atoms with E-state index in [2.05, 4.69) is 23.5 Å². The Balaban J connectivity index is 1.73. The lowest BCUT2D eigenvalue weighted by molar-refractivity contribution is 0.623. The third-order valence-corrected chi connectivity index (χ3v) is 4.85. The van der Waals surface area contributed by atoms with Crippen molar-refractivity contribution in [1.82, 2.24) is 0 Å². The van der Waals surface area contributed by atoms with Crippen LogP contribution in [-0.2, 0) is 0 Å². The highest BCUT2D eigenvalue weighted by atomic mass is 35.5. The second-order valence-corrected chi connectivity index (χ2v) is 6.71. The van der Waals surface area contributed by atoms with E-state index in [0.717, 1.165) is 33.5 Å². The fourth-order valence-corrected chi connectivity index (χ4v) is 3.60. The molecule has 0 saturated carbocycles. The molecule has 0 saturated heterocycles. The van der Waals surface area contributed by atoms with Crippen molar-refractivity contribution in [1.29, 1.82) is 0 Å². The minimum atomic E-state index is -0.107. The maximum absolute atomic E-state index is 6.25. The van der Waals surface area contributed by atoms with Gasteiger partial charge in [-0.05, 0) is 35.4 Å². The summed E-state index contributed by atoms with van der Waals surface area (Å²) in [4.78, 5) is 4.88. The van der Waals surface area contributed by atoms with Gasteiger partial charge < -0.3 is 9.73 Å². The standard InChI is InChI=1S/C22H15ClN2O/c23-16-10-6-9-15(13-16)20-19(14-7-2-1-3-8-14)25-22-21(24-20)17-11-4-5-12-18(17)26-22/h1-13,20,24H. The number of halogens is 1. The zero-order valence-electron chi connectivity index (χ0n) is 13.8. The van der Waals surface area contributed by atoms with E-state index >= 15 is 0 Å². The molecule has 2 heterocycles. The summed E-state index contributed by atoms with van der Waals surface area (Å²) in [7, 11) is 0. The first-order valence-electron chi connectivity index (χ1n) is 8.47. The van der Waals surface area contributed by atoms with Crippen LogP contribution in [0.2, 0.25) is 5.02 Å². The molecule has 1 unspecified atom stereocenters. The van der Waals surface area contributed by atoms with E-state index in [1.54, 1.807) is 0 Å². The third kappa shape index (κ3) is 2.49. The fourth-order valence-electron chi connectivity index (χ4n) is 3.40. The summed E-state index contributed by atoms with van der Waals surface area (Å²) in [6.07, 6.45) is 0. The average molecular weight is 359 g/mol. The summed E-state index contributed by atoms with van der Waals surface area (Å²) < 4.78 is 5.97. The Hall–Kier alpha value is -3.04. The molecule has 1 N–H and O–H groups in total. The molecular weight excluding hydrogens is 344 g/mol. The maximum Gasteiger partial charge on any atom is 0.244 e. The number of anilines is 1. The van der Waals surface area contributed by atoms with Crippen LogP contribution in [0.1, 0.15) is 17.2 Å². The van der Waals surface area contributed by atoms with Gasteiger partial charge in [0.15, 0.2) is 0 Å². The van der Waals surface area contributed by atoms with E-state index in [-0.39, 0.29) is 6.04 Å². The molecule has 26 heavy (non-hydrogen) atoms. The summed E-state index contributed by atoms with van der Waals surface area (Å²) in [6, 6.07) is 25.9. The first-order valence-corrected chi connectivity index (χ1v) is 8.85. The van der Waals surface area contributed by atoms with Crippen LogP contribution in [0.15, 0.2) is 88.3 Å². The normalized spacial score (nSPS) is 16.0. The molecule has 1 atom stereocenters. The van der Waals surface area contributed by atoms with Crippen molar-refractivity contribution in [2.24, 2.45) is 4.99 Å². The van der Waals surface area contributed by atoms with Crippen molar-refractivity contribution in [2.75, 3.05) is 5.32 Å². The minimum absolute atomic E-state index is 0.107. The van der Waals surface area contributed by atoms with Gasteiger partial charge in [0.1, 0.15) is 11.3 Å². The molecule has 0 aliphatic carbocycles. The molecule has 0 amide bonds. The predicted octanol–water partition coefficient (Wildman–Crippen LogP) is 6.37. The number of nitrogens with zero attached hydrogens (tertiary/aromatic N) is 1. The number of furan rings is 1. The minimum Gasteiger partial charge on any atom is -0.436 e. The second kappa shape index (κ2) is 6.04. The van der Waals surface area contributed by atoms with Crippen molar-refractivity contribution in [3.05, 3.63) is 95.0 Å². The predicted molar refractivity (Wildman–Crippen MR) is 107 cm³/mol. The van der Waals surface area contributed by atoms with Crippen molar-refractivity contribution in [2.45, 2.75) is 6.04 Å². The topological polar surface area (TPSA) is 37.5 Å². The van der Waals surface area contributed by atoms with E-state index in [0.29, 0.717) is 10.9 Å². The Morgan fingerprint density at radius 2 is 1.69 bits per heavy atom. The van der Waals surface area contributed by atoms with Gasteiger partial charge >= 0.3 is 0 Å². The summed E-state index contributed by atoms with van der Waals surface area (Å²) in [5.41, 5.74) is 4.78. The fraction of sp³-hybridized carbons (Fsp3) is 0.0455. The molecule has 3 aromatic carbocycles. The number of para-hydroxylation sites is 1. The van der Waals surface area contributed by atoms with Gasteiger partial charge in [-0.3, -0.25) is 0 Å². The molecule has 3 nitrogen and oxygen atoms in total. The van der Waals surface area contributed by atoms with Gasteiger partial charge in [-0.15, -0.1) is 0 Å². The lowest BCUT2D eigenvalue weighted by Gasteiger charge is -2.26. The Morgan fingerprint density at radius 3 is 2.54 bits per heavy atom. The summed E-state index contributed by atoms with van der Waals surface area (Å²) in [6.45, 7) is 0. The maximum atomic E-state index is 6.25. The molecule has 4 aromatic rings. The lowest BCUT2D eigenvalue weighted by atomic mass is 9.95. The SMILES string of the molecule is Clc1cccc(C2Nc3c(oc4ccccc34)N=C2c2ccccc2)c1. The lowest BCUT2D eigenvalue weighted by Crippen LogP contribution is -2.24. The number of hydrogen-bond donors (Lipinski definition) is 1.